The molecule has 0 spiro atoms. The van der Waals surface area contributed by atoms with Crippen molar-refractivity contribution in [2.45, 2.75) is 58.4 Å². The van der Waals surface area contributed by atoms with Gasteiger partial charge in [-0.3, -0.25) is 10.1 Å². The summed E-state index contributed by atoms with van der Waals surface area (Å²) in [5, 5.41) is 11.0. The molecule has 0 saturated carbocycles. The van der Waals surface area contributed by atoms with Gasteiger partial charge < -0.3 is 4.43 Å². The Kier molecular flexibility index (Phi) is 6.30. The van der Waals surface area contributed by atoms with E-state index in [0.29, 0.717) is 18.3 Å². The van der Waals surface area contributed by atoms with Crippen LogP contribution in [0.3, 0.4) is 0 Å². The Bertz CT molecular complexity index is 868. The van der Waals surface area contributed by atoms with Crippen molar-refractivity contribution in [3.05, 3.63) is 52.1 Å². The molecular formula is C19H25F2N3O3Si. The fourth-order valence-electron chi connectivity index (χ4n) is 2.50. The molecule has 2 aromatic rings. The molecule has 0 aliphatic heterocycles. The number of nitrogens with zero attached hydrogens (tertiary/aromatic N) is 3. The monoisotopic (exact) mass is 409 g/mol. The van der Waals surface area contributed by atoms with Gasteiger partial charge in [0.2, 0.25) is 5.82 Å². The Morgan fingerprint density at radius 1 is 1.21 bits per heavy atom. The molecule has 0 amide bonds. The highest BCUT2D eigenvalue weighted by Crippen LogP contribution is 2.37. The fraction of sp³-hybridized carbons (Fsp3) is 0.474. The van der Waals surface area contributed by atoms with E-state index in [-0.39, 0.29) is 22.3 Å². The van der Waals surface area contributed by atoms with Gasteiger partial charge in [0.15, 0.2) is 8.32 Å². The lowest BCUT2D eigenvalue weighted by Gasteiger charge is -2.38. The molecule has 9 heteroatoms. The maximum Gasteiger partial charge on any atom is 0.308 e. The van der Waals surface area contributed by atoms with Crippen molar-refractivity contribution in [3.63, 3.8) is 0 Å². The summed E-state index contributed by atoms with van der Waals surface area (Å²) in [5.74, 6) is -1.51. The molecule has 0 saturated heterocycles. The first-order valence-corrected chi connectivity index (χ1v) is 11.8. The Morgan fingerprint density at radius 2 is 1.79 bits per heavy atom. The second-order valence-electron chi connectivity index (χ2n) is 8.32. The highest BCUT2D eigenvalue weighted by Gasteiger charge is 2.38. The lowest BCUT2D eigenvalue weighted by atomic mass is 10.1. The van der Waals surface area contributed by atoms with E-state index < -0.39 is 30.6 Å². The molecule has 0 N–H and O–H groups in total. The maximum absolute atomic E-state index is 14.3. The number of aromatic nitrogens is 2. The summed E-state index contributed by atoms with van der Waals surface area (Å²) in [6, 6.07) is 1.44. The van der Waals surface area contributed by atoms with Crippen molar-refractivity contribution in [2.24, 2.45) is 0 Å². The largest absolute Gasteiger partial charge is 0.414 e. The standard InChI is InChI=1S/C19H25F2N3O3Si/c1-12(27-28(5,6)19(2,3)4)7-17-22-10-13(11-23-17)15-8-14(20)9-16(18(15)21)24(25)26/h8-12H,7H2,1-6H3. The zero-order chi connectivity index (χ0) is 21.3. The smallest absolute Gasteiger partial charge is 0.308 e. The second kappa shape index (κ2) is 8.00. The fourth-order valence-corrected chi connectivity index (χ4v) is 3.94. The minimum atomic E-state index is -1.93. The lowest BCUT2D eigenvalue weighted by molar-refractivity contribution is -0.387. The summed E-state index contributed by atoms with van der Waals surface area (Å²) >= 11 is 0. The number of hydrogen-bond acceptors (Lipinski definition) is 5. The van der Waals surface area contributed by atoms with E-state index in [9.17, 15) is 18.9 Å². The second-order valence-corrected chi connectivity index (χ2v) is 13.1. The highest BCUT2D eigenvalue weighted by atomic mass is 28.4. The van der Waals surface area contributed by atoms with Crippen LogP contribution in [0.5, 0.6) is 0 Å². The molecule has 6 nitrogen and oxygen atoms in total. The van der Waals surface area contributed by atoms with Gasteiger partial charge in [0.05, 0.1) is 11.0 Å². The molecule has 1 unspecified atom stereocenters. The number of hydrogen-bond donors (Lipinski definition) is 0. The van der Waals surface area contributed by atoms with Gasteiger partial charge in [0.1, 0.15) is 11.6 Å². The quantitative estimate of drug-likeness (QED) is 0.368. The van der Waals surface area contributed by atoms with Gasteiger partial charge in [-0.15, -0.1) is 0 Å². The van der Waals surface area contributed by atoms with Gasteiger partial charge >= 0.3 is 5.69 Å². The molecule has 2 rings (SSSR count). The van der Waals surface area contributed by atoms with Gasteiger partial charge in [-0.2, -0.15) is 4.39 Å². The average molecular weight is 410 g/mol. The molecule has 0 aliphatic carbocycles. The number of nitro benzene ring substituents is 1. The summed E-state index contributed by atoms with van der Waals surface area (Å²) in [4.78, 5) is 18.3. The van der Waals surface area contributed by atoms with Crippen LogP contribution in [0.1, 0.15) is 33.5 Å². The van der Waals surface area contributed by atoms with Crippen LogP contribution >= 0.6 is 0 Å². The Labute approximate surface area is 164 Å². The van der Waals surface area contributed by atoms with Gasteiger partial charge in [0, 0.05) is 36.0 Å². The molecular weight excluding hydrogens is 384 g/mol. The minimum absolute atomic E-state index is 0.0790. The van der Waals surface area contributed by atoms with Crippen LogP contribution in [0.2, 0.25) is 18.1 Å². The van der Waals surface area contributed by atoms with Gasteiger partial charge in [-0.05, 0) is 31.1 Å². The molecule has 0 radical (unpaired) electrons. The van der Waals surface area contributed by atoms with E-state index >= 15 is 0 Å². The average Bonchev–Trinajstić information content (AvgIpc) is 2.55. The predicted octanol–water partition coefficient (Wildman–Crippen LogP) is 5.28. The first-order valence-electron chi connectivity index (χ1n) is 8.94. The maximum atomic E-state index is 14.3. The molecule has 0 aliphatic rings. The van der Waals surface area contributed by atoms with Crippen molar-refractivity contribution >= 4 is 14.0 Å². The van der Waals surface area contributed by atoms with Crippen molar-refractivity contribution in [1.29, 1.82) is 0 Å². The molecule has 152 valence electrons. The van der Waals surface area contributed by atoms with E-state index in [0.717, 1.165) is 6.07 Å². The number of rotatable bonds is 6. The molecule has 1 aromatic carbocycles. The molecule has 1 aromatic heterocycles. The van der Waals surface area contributed by atoms with Crippen molar-refractivity contribution in [2.75, 3.05) is 0 Å². The van der Waals surface area contributed by atoms with Crippen LogP contribution in [-0.4, -0.2) is 29.3 Å². The molecule has 0 fully saturated rings. The minimum Gasteiger partial charge on any atom is -0.414 e. The SMILES string of the molecule is CC(Cc1ncc(-c2cc(F)cc([N+](=O)[O-])c2F)cn1)O[Si](C)(C)C(C)(C)C. The van der Waals surface area contributed by atoms with Crippen LogP contribution in [0, 0.1) is 21.7 Å². The topological polar surface area (TPSA) is 78.2 Å². The number of nitro groups is 1. The van der Waals surface area contributed by atoms with E-state index in [4.69, 9.17) is 4.43 Å². The van der Waals surface area contributed by atoms with Crippen LogP contribution < -0.4 is 0 Å². The van der Waals surface area contributed by atoms with Crippen molar-refractivity contribution in [1.82, 2.24) is 9.97 Å². The first kappa shape index (κ1) is 22.0. The van der Waals surface area contributed by atoms with Crippen LogP contribution in [0.15, 0.2) is 24.5 Å². The zero-order valence-electron chi connectivity index (χ0n) is 16.9. The van der Waals surface area contributed by atoms with E-state index in [1.54, 1.807) is 0 Å². The molecule has 0 bridgehead atoms. The van der Waals surface area contributed by atoms with Gasteiger partial charge in [-0.25, -0.2) is 14.4 Å². The Morgan fingerprint density at radius 3 is 2.29 bits per heavy atom. The number of halogens is 2. The Hall–Kier alpha value is -2.26. The van der Waals surface area contributed by atoms with Crippen LogP contribution in [0.25, 0.3) is 11.1 Å². The molecule has 1 heterocycles. The van der Waals surface area contributed by atoms with E-state index in [1.807, 2.05) is 6.92 Å². The molecule has 1 atom stereocenters. The summed E-state index contributed by atoms with van der Waals surface area (Å²) < 4.78 is 34.2. The molecule has 28 heavy (non-hydrogen) atoms. The van der Waals surface area contributed by atoms with Crippen LogP contribution in [-0.2, 0) is 10.8 Å². The third kappa shape index (κ3) is 4.96. The summed E-state index contributed by atoms with van der Waals surface area (Å²) in [7, 11) is -1.93. The highest BCUT2D eigenvalue weighted by molar-refractivity contribution is 6.74. The van der Waals surface area contributed by atoms with Gasteiger partial charge in [-0.1, -0.05) is 20.8 Å². The number of benzene rings is 1. The van der Waals surface area contributed by atoms with E-state index in [2.05, 4.69) is 43.8 Å². The summed E-state index contributed by atoms with van der Waals surface area (Å²) in [6.07, 6.45) is 3.04. The third-order valence-electron chi connectivity index (χ3n) is 5.00. The zero-order valence-corrected chi connectivity index (χ0v) is 17.9. The summed E-state index contributed by atoms with van der Waals surface area (Å²) in [5.41, 5.74) is -0.999. The third-order valence-corrected chi connectivity index (χ3v) is 9.61. The Balaban J connectivity index is 2.20. The van der Waals surface area contributed by atoms with Crippen LogP contribution in [0.4, 0.5) is 14.5 Å². The van der Waals surface area contributed by atoms with Gasteiger partial charge in [0.25, 0.3) is 0 Å². The normalized spacial score (nSPS) is 13.4. The van der Waals surface area contributed by atoms with Crippen molar-refractivity contribution < 1.29 is 18.1 Å². The van der Waals surface area contributed by atoms with E-state index in [1.165, 1.54) is 12.4 Å². The lowest BCUT2D eigenvalue weighted by Crippen LogP contribution is -2.43. The summed E-state index contributed by atoms with van der Waals surface area (Å²) in [6.45, 7) is 12.7. The predicted molar refractivity (Wildman–Crippen MR) is 105 cm³/mol. The van der Waals surface area contributed by atoms with Crippen molar-refractivity contribution in [3.8, 4) is 11.1 Å². The first-order chi connectivity index (χ1) is 12.8.